The van der Waals surface area contributed by atoms with Gasteiger partial charge in [-0.2, -0.15) is 0 Å². The molecule has 0 spiro atoms. The summed E-state index contributed by atoms with van der Waals surface area (Å²) in [5.41, 5.74) is 0.521. The van der Waals surface area contributed by atoms with Gasteiger partial charge in [0.05, 0.1) is 28.1 Å². The number of hydrogen-bond donors (Lipinski definition) is 2. The van der Waals surface area contributed by atoms with Gasteiger partial charge in [-0.25, -0.2) is 9.97 Å². The normalized spacial score (nSPS) is 10.4. The average molecular weight is 355 g/mol. The zero-order chi connectivity index (χ0) is 16.7. The maximum Gasteiger partial charge on any atom is 0.275 e. The lowest BCUT2D eigenvalue weighted by molar-refractivity contribution is 0.102. The Morgan fingerprint density at radius 2 is 1.96 bits per heavy atom. The van der Waals surface area contributed by atoms with E-state index < -0.39 is 5.91 Å². The van der Waals surface area contributed by atoms with Crippen LogP contribution < -0.4 is 10.6 Å². The van der Waals surface area contributed by atoms with E-state index in [1.807, 2.05) is 0 Å². The van der Waals surface area contributed by atoms with Crippen LogP contribution in [0.25, 0.3) is 0 Å². The summed E-state index contributed by atoms with van der Waals surface area (Å²) in [6, 6.07) is 4.98. The number of halogens is 2. The molecule has 0 aliphatic carbocycles. The predicted molar refractivity (Wildman–Crippen MR) is 91.4 cm³/mol. The quantitative estimate of drug-likeness (QED) is 0.744. The average Bonchev–Trinajstić information content (AvgIpc) is 2.55. The molecule has 23 heavy (non-hydrogen) atoms. The molecule has 0 fully saturated rings. The molecule has 1 amide bonds. The van der Waals surface area contributed by atoms with Crippen LogP contribution in [0.1, 0.15) is 16.9 Å². The molecule has 0 aliphatic rings. The third-order valence-electron chi connectivity index (χ3n) is 2.92. The Bertz CT molecular complexity index is 645. The minimum atomic E-state index is -0.432. The van der Waals surface area contributed by atoms with Crippen LogP contribution in [0.2, 0.25) is 10.0 Å². The van der Waals surface area contributed by atoms with Crippen LogP contribution in [0.15, 0.2) is 30.6 Å². The number of anilines is 2. The number of carbonyl (C=O) groups is 1. The van der Waals surface area contributed by atoms with Gasteiger partial charge < -0.3 is 15.4 Å². The number of ether oxygens (including phenoxy) is 1. The molecular weight excluding hydrogens is 339 g/mol. The smallest absolute Gasteiger partial charge is 0.275 e. The molecule has 2 N–H and O–H groups in total. The van der Waals surface area contributed by atoms with E-state index in [2.05, 4.69) is 20.6 Å². The second-order valence-electron chi connectivity index (χ2n) is 4.61. The van der Waals surface area contributed by atoms with E-state index in [4.69, 9.17) is 27.9 Å². The summed E-state index contributed by atoms with van der Waals surface area (Å²) in [4.78, 5) is 20.4. The van der Waals surface area contributed by atoms with E-state index in [0.29, 0.717) is 34.7 Å². The SMILES string of the molecule is COCCCNc1cnc(C(=O)Nc2c(Cl)cccc2Cl)cn1. The van der Waals surface area contributed by atoms with Crippen LogP contribution in [0, 0.1) is 0 Å². The number of carbonyl (C=O) groups excluding carboxylic acids is 1. The Morgan fingerprint density at radius 3 is 2.57 bits per heavy atom. The molecule has 0 saturated heterocycles. The molecule has 8 heteroatoms. The van der Waals surface area contributed by atoms with Crippen molar-refractivity contribution in [1.29, 1.82) is 0 Å². The van der Waals surface area contributed by atoms with Crippen LogP contribution in [0.5, 0.6) is 0 Å². The number of nitrogens with one attached hydrogen (secondary N) is 2. The van der Waals surface area contributed by atoms with Crippen LogP contribution >= 0.6 is 23.2 Å². The van der Waals surface area contributed by atoms with Crippen molar-refractivity contribution in [3.63, 3.8) is 0 Å². The van der Waals surface area contributed by atoms with Crippen LogP contribution in [0.4, 0.5) is 11.5 Å². The van der Waals surface area contributed by atoms with Crippen LogP contribution in [0.3, 0.4) is 0 Å². The summed E-state index contributed by atoms with van der Waals surface area (Å²) in [6.45, 7) is 1.38. The largest absolute Gasteiger partial charge is 0.385 e. The number of hydrogen-bond acceptors (Lipinski definition) is 5. The standard InChI is InChI=1S/C15H16Cl2N4O2/c1-23-7-3-6-18-13-9-19-12(8-20-13)15(22)21-14-10(16)4-2-5-11(14)17/h2,4-5,8-9H,3,6-7H2,1H3,(H,18,20)(H,21,22). The van der Waals surface area contributed by atoms with E-state index in [0.717, 1.165) is 6.42 Å². The highest BCUT2D eigenvalue weighted by Gasteiger charge is 2.13. The predicted octanol–water partition coefficient (Wildman–Crippen LogP) is 3.48. The van der Waals surface area contributed by atoms with Crippen molar-refractivity contribution in [1.82, 2.24) is 9.97 Å². The van der Waals surface area contributed by atoms with Crippen molar-refractivity contribution in [2.24, 2.45) is 0 Å². The van der Waals surface area contributed by atoms with Crippen LogP contribution in [-0.2, 0) is 4.74 Å². The minimum Gasteiger partial charge on any atom is -0.385 e. The summed E-state index contributed by atoms with van der Waals surface area (Å²) in [7, 11) is 1.65. The molecule has 0 saturated carbocycles. The minimum absolute atomic E-state index is 0.170. The Morgan fingerprint density at radius 1 is 1.22 bits per heavy atom. The molecule has 0 atom stereocenters. The lowest BCUT2D eigenvalue weighted by atomic mass is 10.3. The van der Waals surface area contributed by atoms with Gasteiger partial charge in [-0.15, -0.1) is 0 Å². The summed E-state index contributed by atoms with van der Waals surface area (Å²) >= 11 is 12.0. The Labute approximate surface area is 144 Å². The Kier molecular flexibility index (Phi) is 6.58. The summed E-state index contributed by atoms with van der Waals surface area (Å²) in [5.74, 6) is 0.159. The van der Waals surface area contributed by atoms with E-state index in [1.54, 1.807) is 25.3 Å². The number of benzene rings is 1. The van der Waals surface area contributed by atoms with Gasteiger partial charge in [0.1, 0.15) is 11.5 Å². The first-order valence-corrected chi connectivity index (χ1v) is 7.67. The third kappa shape index (κ3) is 5.06. The van der Waals surface area contributed by atoms with Crippen molar-refractivity contribution < 1.29 is 9.53 Å². The number of nitrogens with zero attached hydrogens (tertiary/aromatic N) is 2. The molecule has 6 nitrogen and oxygen atoms in total. The summed E-state index contributed by atoms with van der Waals surface area (Å²) < 4.78 is 4.96. The lowest BCUT2D eigenvalue weighted by Crippen LogP contribution is -2.15. The molecule has 1 aromatic carbocycles. The second-order valence-corrected chi connectivity index (χ2v) is 5.43. The highest BCUT2D eigenvalue weighted by Crippen LogP contribution is 2.30. The van der Waals surface area contributed by atoms with Crippen molar-refractivity contribution in [2.45, 2.75) is 6.42 Å². The van der Waals surface area contributed by atoms with Gasteiger partial charge in [0, 0.05) is 20.3 Å². The Hall–Kier alpha value is -1.89. The molecule has 0 radical (unpaired) electrons. The van der Waals surface area contributed by atoms with Gasteiger partial charge in [-0.1, -0.05) is 29.3 Å². The van der Waals surface area contributed by atoms with E-state index >= 15 is 0 Å². The van der Waals surface area contributed by atoms with Gasteiger partial charge in [-0.3, -0.25) is 4.79 Å². The fourth-order valence-corrected chi connectivity index (χ4v) is 2.26. The number of para-hydroxylation sites is 1. The molecule has 2 aromatic rings. The first-order chi connectivity index (χ1) is 11.1. The third-order valence-corrected chi connectivity index (χ3v) is 3.55. The Balaban J connectivity index is 1.97. The van der Waals surface area contributed by atoms with E-state index in [9.17, 15) is 4.79 Å². The molecule has 1 heterocycles. The fourth-order valence-electron chi connectivity index (χ4n) is 1.76. The number of methoxy groups -OCH3 is 1. The van der Waals surface area contributed by atoms with E-state index in [-0.39, 0.29) is 5.69 Å². The molecule has 0 aliphatic heterocycles. The topological polar surface area (TPSA) is 76.1 Å². The van der Waals surface area contributed by atoms with Gasteiger partial charge in [0.25, 0.3) is 5.91 Å². The lowest BCUT2D eigenvalue weighted by Gasteiger charge is -2.09. The highest BCUT2D eigenvalue weighted by molar-refractivity contribution is 6.39. The molecule has 0 unspecified atom stereocenters. The van der Waals surface area contributed by atoms with Crippen LogP contribution in [-0.4, -0.2) is 36.1 Å². The maximum atomic E-state index is 12.2. The van der Waals surface area contributed by atoms with Crippen molar-refractivity contribution in [2.75, 3.05) is 30.9 Å². The zero-order valence-electron chi connectivity index (χ0n) is 12.5. The van der Waals surface area contributed by atoms with Crippen molar-refractivity contribution in [3.8, 4) is 0 Å². The van der Waals surface area contributed by atoms with Gasteiger partial charge in [0.2, 0.25) is 0 Å². The monoisotopic (exact) mass is 354 g/mol. The highest BCUT2D eigenvalue weighted by atomic mass is 35.5. The fraction of sp³-hybridized carbons (Fsp3) is 0.267. The first kappa shape index (κ1) is 17.5. The molecule has 0 bridgehead atoms. The van der Waals surface area contributed by atoms with Gasteiger partial charge >= 0.3 is 0 Å². The van der Waals surface area contributed by atoms with E-state index in [1.165, 1.54) is 12.4 Å². The number of aromatic nitrogens is 2. The molecule has 1 aromatic heterocycles. The second kappa shape index (κ2) is 8.67. The zero-order valence-corrected chi connectivity index (χ0v) is 14.0. The van der Waals surface area contributed by atoms with Gasteiger partial charge in [-0.05, 0) is 18.6 Å². The van der Waals surface area contributed by atoms with Crippen molar-refractivity contribution in [3.05, 3.63) is 46.3 Å². The van der Waals surface area contributed by atoms with Crippen molar-refractivity contribution >= 4 is 40.6 Å². The maximum absolute atomic E-state index is 12.2. The molecular formula is C15H16Cl2N4O2. The number of amides is 1. The first-order valence-electron chi connectivity index (χ1n) is 6.92. The molecule has 2 rings (SSSR count). The summed E-state index contributed by atoms with van der Waals surface area (Å²) in [6.07, 6.45) is 3.74. The number of rotatable bonds is 7. The summed E-state index contributed by atoms with van der Waals surface area (Å²) in [5, 5.41) is 6.43. The molecule has 122 valence electrons. The van der Waals surface area contributed by atoms with Gasteiger partial charge in [0.15, 0.2) is 0 Å².